The minimum absolute atomic E-state index is 0.0863. The Kier molecular flexibility index (Phi) is 5.65. The molecule has 4 rings (SSSR count). The molecule has 3 aromatic heterocycles. The number of imidazole rings is 1. The summed E-state index contributed by atoms with van der Waals surface area (Å²) in [5.41, 5.74) is 9.83. The molecule has 0 aliphatic heterocycles. The number of nitrogens with two attached hydrogens (primary N) is 1. The molecule has 0 radical (unpaired) electrons. The Morgan fingerprint density at radius 3 is 2.62 bits per heavy atom. The largest absolute Gasteiger partial charge is 0.463 e. The van der Waals surface area contributed by atoms with Gasteiger partial charge in [0.1, 0.15) is 0 Å². The summed E-state index contributed by atoms with van der Waals surface area (Å²) in [4.78, 5) is 17.4. The number of aromatic nitrogens is 5. The number of rotatable bonds is 8. The Hall–Kier alpha value is -3.48. The monoisotopic (exact) mass is 388 g/mol. The minimum Gasteiger partial charge on any atom is -0.463 e. The van der Waals surface area contributed by atoms with Crippen molar-refractivity contribution in [3.63, 3.8) is 0 Å². The SMILES string of the molecule is CCC(c1ccncc1)n1cnc2c(N)nc(OCCCc3ccccc3)nc21. The van der Waals surface area contributed by atoms with Gasteiger partial charge in [0, 0.05) is 12.4 Å². The topological polar surface area (TPSA) is 91.7 Å². The molecule has 7 nitrogen and oxygen atoms in total. The molecule has 1 aromatic carbocycles. The van der Waals surface area contributed by atoms with Gasteiger partial charge in [-0.25, -0.2) is 4.98 Å². The van der Waals surface area contributed by atoms with Crippen LogP contribution in [0, 0.1) is 0 Å². The number of ether oxygens (including phenoxy) is 1. The van der Waals surface area contributed by atoms with Crippen molar-refractivity contribution in [2.45, 2.75) is 32.2 Å². The first kappa shape index (κ1) is 18.9. The number of nitrogen functional groups attached to an aromatic ring is 1. The highest BCUT2D eigenvalue weighted by Crippen LogP contribution is 2.27. The molecule has 0 aliphatic carbocycles. The first-order valence-electron chi connectivity index (χ1n) is 9.83. The Morgan fingerprint density at radius 1 is 1.07 bits per heavy atom. The number of hydrogen-bond acceptors (Lipinski definition) is 6. The molecule has 0 aliphatic rings. The van der Waals surface area contributed by atoms with Crippen LogP contribution in [0.5, 0.6) is 6.01 Å². The van der Waals surface area contributed by atoms with E-state index in [0.29, 0.717) is 23.6 Å². The Balaban J connectivity index is 1.53. The highest BCUT2D eigenvalue weighted by Gasteiger charge is 2.18. The van der Waals surface area contributed by atoms with E-state index >= 15 is 0 Å². The van der Waals surface area contributed by atoms with Crippen LogP contribution >= 0.6 is 0 Å². The molecule has 7 heteroatoms. The molecule has 2 N–H and O–H groups in total. The Morgan fingerprint density at radius 2 is 1.86 bits per heavy atom. The Labute approximate surface area is 169 Å². The van der Waals surface area contributed by atoms with Gasteiger partial charge in [0.25, 0.3) is 0 Å². The van der Waals surface area contributed by atoms with Gasteiger partial charge in [-0.1, -0.05) is 37.3 Å². The van der Waals surface area contributed by atoms with Gasteiger partial charge >= 0.3 is 6.01 Å². The number of anilines is 1. The van der Waals surface area contributed by atoms with Gasteiger partial charge in [-0.3, -0.25) is 4.98 Å². The van der Waals surface area contributed by atoms with Crippen molar-refractivity contribution >= 4 is 17.0 Å². The summed E-state index contributed by atoms with van der Waals surface area (Å²) in [6, 6.07) is 14.7. The molecule has 4 aromatic rings. The van der Waals surface area contributed by atoms with Crippen LogP contribution in [0.1, 0.15) is 36.9 Å². The lowest BCUT2D eigenvalue weighted by Gasteiger charge is -2.17. The van der Waals surface area contributed by atoms with Crippen LogP contribution in [0.25, 0.3) is 11.2 Å². The van der Waals surface area contributed by atoms with Gasteiger partial charge in [-0.05, 0) is 42.5 Å². The zero-order valence-corrected chi connectivity index (χ0v) is 16.4. The lowest BCUT2D eigenvalue weighted by Crippen LogP contribution is -2.11. The van der Waals surface area contributed by atoms with E-state index in [0.717, 1.165) is 24.8 Å². The number of hydrogen-bond donors (Lipinski definition) is 1. The van der Waals surface area contributed by atoms with E-state index in [1.54, 1.807) is 18.7 Å². The quantitative estimate of drug-likeness (QED) is 0.462. The lowest BCUT2D eigenvalue weighted by molar-refractivity contribution is 0.288. The van der Waals surface area contributed by atoms with Crippen molar-refractivity contribution in [3.8, 4) is 6.01 Å². The number of aryl methyl sites for hydroxylation is 1. The number of pyridine rings is 1. The Bertz CT molecular complexity index is 1060. The highest BCUT2D eigenvalue weighted by atomic mass is 16.5. The summed E-state index contributed by atoms with van der Waals surface area (Å²) < 4.78 is 7.83. The average Bonchev–Trinajstić information content (AvgIpc) is 3.18. The van der Waals surface area contributed by atoms with Gasteiger partial charge in [-0.2, -0.15) is 9.97 Å². The van der Waals surface area contributed by atoms with Gasteiger partial charge in [0.2, 0.25) is 0 Å². The third-order valence-corrected chi connectivity index (χ3v) is 4.93. The normalized spacial score (nSPS) is 12.2. The molecule has 0 fully saturated rings. The van der Waals surface area contributed by atoms with E-state index in [1.807, 2.05) is 34.9 Å². The number of nitrogens with zero attached hydrogens (tertiary/aromatic N) is 5. The molecule has 0 spiro atoms. The molecule has 0 saturated heterocycles. The van der Waals surface area contributed by atoms with Crippen LogP contribution in [0.3, 0.4) is 0 Å². The zero-order valence-electron chi connectivity index (χ0n) is 16.4. The van der Waals surface area contributed by atoms with E-state index in [1.165, 1.54) is 5.56 Å². The molecule has 1 atom stereocenters. The predicted molar refractivity (Wildman–Crippen MR) is 113 cm³/mol. The van der Waals surface area contributed by atoms with E-state index in [9.17, 15) is 0 Å². The first-order chi connectivity index (χ1) is 14.3. The lowest BCUT2D eigenvalue weighted by atomic mass is 10.1. The van der Waals surface area contributed by atoms with E-state index in [-0.39, 0.29) is 12.1 Å². The highest BCUT2D eigenvalue weighted by molar-refractivity contribution is 5.82. The van der Waals surface area contributed by atoms with Crippen molar-refractivity contribution in [1.82, 2.24) is 24.5 Å². The third-order valence-electron chi connectivity index (χ3n) is 4.93. The molecule has 148 valence electrons. The molecular formula is C22H24N6O. The summed E-state index contributed by atoms with van der Waals surface area (Å²) in [6.45, 7) is 2.65. The predicted octanol–water partition coefficient (Wildman–Crippen LogP) is 3.81. The standard InChI is InChI=1S/C22H24N6O/c1-2-18(17-10-12-24-13-11-17)28-15-25-19-20(23)26-22(27-21(19)28)29-14-6-9-16-7-4-3-5-8-16/h3-5,7-8,10-13,15,18H,2,6,9,14H2,1H3,(H2,23,26,27). The van der Waals surface area contributed by atoms with Crippen molar-refractivity contribution < 1.29 is 4.74 Å². The third kappa shape index (κ3) is 4.18. The summed E-state index contributed by atoms with van der Waals surface area (Å²) in [5, 5.41) is 0. The van der Waals surface area contributed by atoms with Crippen LogP contribution in [-0.2, 0) is 6.42 Å². The summed E-state index contributed by atoms with van der Waals surface area (Å²) >= 11 is 0. The average molecular weight is 388 g/mol. The van der Waals surface area contributed by atoms with Gasteiger partial charge in [0.15, 0.2) is 17.0 Å². The van der Waals surface area contributed by atoms with Crippen LogP contribution < -0.4 is 10.5 Å². The number of fused-ring (bicyclic) bond motifs is 1. The van der Waals surface area contributed by atoms with Gasteiger partial charge < -0.3 is 15.0 Å². The van der Waals surface area contributed by atoms with Crippen LogP contribution in [0.2, 0.25) is 0 Å². The molecule has 0 saturated carbocycles. The molecular weight excluding hydrogens is 364 g/mol. The van der Waals surface area contributed by atoms with E-state index in [2.05, 4.69) is 39.0 Å². The maximum absolute atomic E-state index is 6.13. The van der Waals surface area contributed by atoms with Gasteiger partial charge in [-0.15, -0.1) is 0 Å². The second kappa shape index (κ2) is 8.68. The fourth-order valence-electron chi connectivity index (χ4n) is 3.47. The summed E-state index contributed by atoms with van der Waals surface area (Å²) in [6.07, 6.45) is 8.05. The maximum Gasteiger partial charge on any atom is 0.320 e. The number of benzene rings is 1. The zero-order chi connectivity index (χ0) is 20.1. The second-order valence-electron chi connectivity index (χ2n) is 6.86. The minimum atomic E-state index is 0.0863. The molecule has 29 heavy (non-hydrogen) atoms. The van der Waals surface area contributed by atoms with Crippen LogP contribution in [0.15, 0.2) is 61.2 Å². The van der Waals surface area contributed by atoms with Gasteiger partial charge in [0.05, 0.1) is 19.0 Å². The first-order valence-corrected chi connectivity index (χ1v) is 9.83. The molecule has 0 amide bonds. The molecule has 3 heterocycles. The molecule has 1 unspecified atom stereocenters. The van der Waals surface area contributed by atoms with Crippen LogP contribution in [0.4, 0.5) is 5.82 Å². The summed E-state index contributed by atoms with van der Waals surface area (Å²) in [7, 11) is 0. The van der Waals surface area contributed by atoms with Crippen molar-refractivity contribution in [1.29, 1.82) is 0 Å². The fraction of sp³-hybridized carbons (Fsp3) is 0.273. The second-order valence-corrected chi connectivity index (χ2v) is 6.86. The smallest absolute Gasteiger partial charge is 0.320 e. The molecule has 0 bridgehead atoms. The van der Waals surface area contributed by atoms with E-state index < -0.39 is 0 Å². The van der Waals surface area contributed by atoms with E-state index in [4.69, 9.17) is 10.5 Å². The van der Waals surface area contributed by atoms with Crippen molar-refractivity contribution in [3.05, 3.63) is 72.3 Å². The fourth-order valence-corrected chi connectivity index (χ4v) is 3.47. The van der Waals surface area contributed by atoms with Crippen molar-refractivity contribution in [2.24, 2.45) is 0 Å². The maximum atomic E-state index is 6.13. The summed E-state index contributed by atoms with van der Waals surface area (Å²) in [5.74, 6) is 0.330. The van der Waals surface area contributed by atoms with Crippen molar-refractivity contribution in [2.75, 3.05) is 12.3 Å². The van der Waals surface area contributed by atoms with Crippen LogP contribution in [-0.4, -0.2) is 31.1 Å².